The monoisotopic (exact) mass is 422 g/mol. The molecule has 0 aromatic heterocycles. The maximum Gasteiger partial charge on any atom is 0.186 e. The zero-order valence-electron chi connectivity index (χ0n) is 17.3. The lowest BCUT2D eigenvalue weighted by Gasteiger charge is -2.21. The van der Waals surface area contributed by atoms with E-state index in [4.69, 9.17) is 39.4 Å². The van der Waals surface area contributed by atoms with Gasteiger partial charge in [-0.15, -0.1) is 0 Å². The third-order valence-corrected chi connectivity index (χ3v) is 4.98. The third kappa shape index (κ3) is 6.77. The van der Waals surface area contributed by atoms with Crippen molar-refractivity contribution in [2.45, 2.75) is 26.7 Å². The van der Waals surface area contributed by atoms with E-state index in [9.17, 15) is 0 Å². The van der Waals surface area contributed by atoms with E-state index in [0.29, 0.717) is 34.8 Å². The van der Waals surface area contributed by atoms with Gasteiger partial charge >= 0.3 is 0 Å². The average Bonchev–Trinajstić information content (AvgIpc) is 2.72. The van der Waals surface area contributed by atoms with Gasteiger partial charge in [-0.3, -0.25) is 0 Å². The summed E-state index contributed by atoms with van der Waals surface area (Å²) in [6, 6.07) is 10.9. The number of hydrogen-bond donors (Lipinski definition) is 4. The summed E-state index contributed by atoms with van der Waals surface area (Å²) >= 11 is 0. The van der Waals surface area contributed by atoms with Crippen LogP contribution < -0.4 is 18.9 Å². The van der Waals surface area contributed by atoms with Gasteiger partial charge in [0.15, 0.2) is 50.2 Å². The summed E-state index contributed by atoms with van der Waals surface area (Å²) in [5.41, 5.74) is 2.05. The molecule has 0 fully saturated rings. The molecule has 0 aliphatic heterocycles. The van der Waals surface area contributed by atoms with Gasteiger partial charge in [0.2, 0.25) is 0 Å². The van der Waals surface area contributed by atoms with Gasteiger partial charge in [0.1, 0.15) is 0 Å². The molecule has 2 aromatic carbocycles. The zero-order valence-corrected chi connectivity index (χ0v) is 17.3. The largest absolute Gasteiger partial charge is 0.464 e. The summed E-state index contributed by atoms with van der Waals surface area (Å²) in [5, 5.41) is 36.0. The molecule has 0 aliphatic carbocycles. The Bertz CT molecular complexity index is 714. The Morgan fingerprint density at radius 2 is 0.900 bits per heavy atom. The van der Waals surface area contributed by atoms with Crippen molar-refractivity contribution in [1.82, 2.24) is 0 Å². The van der Waals surface area contributed by atoms with Gasteiger partial charge in [-0.05, 0) is 60.1 Å². The van der Waals surface area contributed by atoms with Crippen LogP contribution in [0.3, 0.4) is 0 Å². The summed E-state index contributed by atoms with van der Waals surface area (Å²) in [6.07, 6.45) is 1.57. The molecule has 0 heterocycles. The van der Waals surface area contributed by atoms with Gasteiger partial charge in [-0.25, -0.2) is 0 Å². The fraction of sp³-hybridized carbons (Fsp3) is 0.455. The Labute approximate surface area is 176 Å². The Hall–Kier alpha value is -2.52. The van der Waals surface area contributed by atoms with Crippen LogP contribution in [0.1, 0.15) is 25.0 Å². The molecule has 0 bridgehead atoms. The molecule has 0 spiro atoms. The van der Waals surface area contributed by atoms with E-state index in [1.165, 1.54) is 0 Å². The molecule has 4 N–H and O–H groups in total. The smallest absolute Gasteiger partial charge is 0.186 e. The molecule has 0 aliphatic rings. The minimum atomic E-state index is -0.481. The third-order valence-electron chi connectivity index (χ3n) is 4.98. The van der Waals surface area contributed by atoms with E-state index in [1.807, 2.05) is 12.1 Å². The molecule has 30 heavy (non-hydrogen) atoms. The van der Waals surface area contributed by atoms with E-state index in [2.05, 4.69) is 13.8 Å². The molecule has 0 radical (unpaired) electrons. The van der Waals surface area contributed by atoms with E-state index < -0.39 is 27.2 Å². The molecule has 2 aromatic rings. The van der Waals surface area contributed by atoms with Gasteiger partial charge < -0.3 is 39.4 Å². The van der Waals surface area contributed by atoms with Gasteiger partial charge in [-0.2, -0.15) is 0 Å². The Balaban J connectivity index is 2.06. The van der Waals surface area contributed by atoms with Crippen LogP contribution in [0.25, 0.3) is 0 Å². The lowest BCUT2D eigenvalue weighted by Crippen LogP contribution is -2.14. The van der Waals surface area contributed by atoms with Crippen molar-refractivity contribution in [2.24, 2.45) is 11.8 Å². The first-order chi connectivity index (χ1) is 14.5. The van der Waals surface area contributed by atoms with Crippen molar-refractivity contribution in [2.75, 3.05) is 27.2 Å². The molecule has 0 saturated carbocycles. The van der Waals surface area contributed by atoms with E-state index in [1.54, 1.807) is 24.3 Å². The van der Waals surface area contributed by atoms with Gasteiger partial charge in [-0.1, -0.05) is 26.0 Å². The number of rotatable bonds is 13. The van der Waals surface area contributed by atoms with Crippen LogP contribution in [0.4, 0.5) is 0 Å². The number of benzene rings is 2. The fourth-order valence-electron chi connectivity index (χ4n) is 3.25. The predicted molar refractivity (Wildman–Crippen MR) is 109 cm³/mol. The van der Waals surface area contributed by atoms with Gasteiger partial charge in [0, 0.05) is 0 Å². The lowest BCUT2D eigenvalue weighted by molar-refractivity contribution is 0.0742. The van der Waals surface area contributed by atoms with Crippen molar-refractivity contribution < 1.29 is 39.4 Å². The summed E-state index contributed by atoms with van der Waals surface area (Å²) < 4.78 is 20.6. The standard InChI is InChI=1S/C22H30O8/c1-15(7-17-3-5-19(27-11-23)21(9-17)29-13-25)16(2)8-18-4-6-20(28-12-24)22(10-18)30-14-26/h3-6,9-10,15-16,23-26H,7-8,11-14H2,1-2H3/t15-,16+. The summed E-state index contributed by atoms with van der Waals surface area (Å²) in [7, 11) is 0. The highest BCUT2D eigenvalue weighted by molar-refractivity contribution is 5.44. The summed E-state index contributed by atoms with van der Waals surface area (Å²) in [4.78, 5) is 0. The van der Waals surface area contributed by atoms with Gasteiger partial charge in [0.05, 0.1) is 0 Å². The van der Waals surface area contributed by atoms with Crippen molar-refractivity contribution >= 4 is 0 Å². The van der Waals surface area contributed by atoms with Crippen molar-refractivity contribution in [3.63, 3.8) is 0 Å². The minimum Gasteiger partial charge on any atom is -0.464 e. The lowest BCUT2D eigenvalue weighted by atomic mass is 9.85. The van der Waals surface area contributed by atoms with E-state index >= 15 is 0 Å². The Morgan fingerprint density at radius 1 is 0.567 bits per heavy atom. The second kappa shape index (κ2) is 12.2. The topological polar surface area (TPSA) is 118 Å². The van der Waals surface area contributed by atoms with E-state index in [-0.39, 0.29) is 0 Å². The first-order valence-corrected chi connectivity index (χ1v) is 9.72. The molecule has 8 heteroatoms. The normalized spacial score (nSPS) is 12.9. The number of aliphatic hydroxyl groups is 4. The van der Waals surface area contributed by atoms with Crippen LogP contribution in [0, 0.1) is 11.8 Å². The highest BCUT2D eigenvalue weighted by atomic mass is 16.6. The fourth-order valence-corrected chi connectivity index (χ4v) is 3.25. The van der Waals surface area contributed by atoms with Crippen LogP contribution >= 0.6 is 0 Å². The highest BCUT2D eigenvalue weighted by Gasteiger charge is 2.17. The van der Waals surface area contributed by atoms with Crippen LogP contribution in [-0.4, -0.2) is 47.6 Å². The molecule has 166 valence electrons. The maximum atomic E-state index is 9.06. The zero-order chi connectivity index (χ0) is 21.9. The highest BCUT2D eigenvalue weighted by Crippen LogP contribution is 2.32. The Kier molecular flexibility index (Phi) is 9.69. The molecular weight excluding hydrogens is 392 g/mol. The first kappa shape index (κ1) is 23.8. The molecule has 0 amide bonds. The average molecular weight is 422 g/mol. The summed E-state index contributed by atoms with van der Waals surface area (Å²) in [5.74, 6) is 2.16. The Morgan fingerprint density at radius 3 is 1.23 bits per heavy atom. The quantitative estimate of drug-likeness (QED) is 0.362. The molecule has 8 nitrogen and oxygen atoms in total. The second-order valence-electron chi connectivity index (χ2n) is 7.02. The molecule has 0 unspecified atom stereocenters. The van der Waals surface area contributed by atoms with Crippen LogP contribution in [0.2, 0.25) is 0 Å². The number of aliphatic hydroxyl groups excluding tert-OH is 4. The molecule has 0 saturated heterocycles. The van der Waals surface area contributed by atoms with Crippen LogP contribution in [0.5, 0.6) is 23.0 Å². The summed E-state index contributed by atoms with van der Waals surface area (Å²) in [6.45, 7) is 2.40. The van der Waals surface area contributed by atoms with Crippen molar-refractivity contribution in [3.8, 4) is 23.0 Å². The number of hydrogen-bond acceptors (Lipinski definition) is 8. The van der Waals surface area contributed by atoms with Crippen LogP contribution in [-0.2, 0) is 12.8 Å². The minimum absolute atomic E-state index is 0.326. The predicted octanol–water partition coefficient (Wildman–Crippen LogP) is 2.06. The molecule has 2 rings (SSSR count). The van der Waals surface area contributed by atoms with Crippen molar-refractivity contribution in [3.05, 3.63) is 47.5 Å². The molecular formula is C22H30O8. The van der Waals surface area contributed by atoms with E-state index in [0.717, 1.165) is 24.0 Å². The van der Waals surface area contributed by atoms with Crippen molar-refractivity contribution in [1.29, 1.82) is 0 Å². The second-order valence-corrected chi connectivity index (χ2v) is 7.02. The SMILES string of the molecule is C[C@H](Cc1ccc(OCO)c(OCO)c1)[C@@H](C)Cc1ccc(OCO)c(OCO)c1. The molecule has 2 atom stereocenters. The van der Waals surface area contributed by atoms with Crippen LogP contribution in [0.15, 0.2) is 36.4 Å². The first-order valence-electron chi connectivity index (χ1n) is 9.72. The number of ether oxygens (including phenoxy) is 4. The van der Waals surface area contributed by atoms with Gasteiger partial charge in [0.25, 0.3) is 0 Å². The maximum absolute atomic E-state index is 9.06.